The molecule has 0 atom stereocenters. The number of hydrogen-bond acceptors (Lipinski definition) is 5. The van der Waals surface area contributed by atoms with Gasteiger partial charge >= 0.3 is 0 Å². The Morgan fingerprint density at radius 3 is 2.69 bits per heavy atom. The number of amides is 1. The van der Waals surface area contributed by atoms with Crippen molar-refractivity contribution in [2.45, 2.75) is 6.92 Å². The van der Waals surface area contributed by atoms with Gasteiger partial charge in [0.15, 0.2) is 5.88 Å². The highest BCUT2D eigenvalue weighted by atomic mass is 16.3. The van der Waals surface area contributed by atoms with Crippen molar-refractivity contribution in [3.05, 3.63) is 70.1 Å². The number of carbonyl (C=O) groups excluding carboxylic acids is 1. The van der Waals surface area contributed by atoms with Gasteiger partial charge in [0.25, 0.3) is 0 Å². The zero-order valence-electron chi connectivity index (χ0n) is 18.8. The maximum atomic E-state index is 12.3. The number of aromatic hydroxyl groups is 1. The van der Waals surface area contributed by atoms with E-state index >= 15 is 0 Å². The molecule has 7 heteroatoms. The monoisotopic (exact) mass is 429 g/mol. The summed E-state index contributed by atoms with van der Waals surface area (Å²) in [6.07, 6.45) is 5.17. The van der Waals surface area contributed by atoms with Gasteiger partial charge in [0, 0.05) is 47.9 Å². The van der Waals surface area contributed by atoms with Gasteiger partial charge in [-0.3, -0.25) is 4.79 Å². The minimum atomic E-state index is -0.0712. The summed E-state index contributed by atoms with van der Waals surface area (Å²) in [6.45, 7) is 3.49. The van der Waals surface area contributed by atoms with Gasteiger partial charge in [-0.1, -0.05) is 17.7 Å². The van der Waals surface area contributed by atoms with E-state index in [4.69, 9.17) is 0 Å². The number of aryl methyl sites for hydroxylation is 1. The molecule has 32 heavy (non-hydrogen) atoms. The standard InChI is InChI=1S/C25H27N5O2/c1-16-5-8-21-19(13-16)20(25(32)26-21)14-17-6-7-18-22(27-28-23(18)15-17)9-10-24(31)30(4)12-11-29(2)3/h5-10,13-15,26,32H,11-12H2,1-4H3/b10-9+,17-14+. The van der Waals surface area contributed by atoms with Gasteiger partial charge in [-0.15, -0.1) is 10.2 Å². The van der Waals surface area contributed by atoms with Gasteiger partial charge in [0.1, 0.15) is 0 Å². The third-order valence-electron chi connectivity index (χ3n) is 5.49. The fourth-order valence-electron chi connectivity index (χ4n) is 3.59. The summed E-state index contributed by atoms with van der Waals surface area (Å²) >= 11 is 0. The molecular formula is C25H27N5O2. The lowest BCUT2D eigenvalue weighted by Gasteiger charge is -2.17. The molecule has 7 nitrogen and oxygen atoms in total. The predicted molar refractivity (Wildman–Crippen MR) is 127 cm³/mol. The Balaban J connectivity index is 1.62. The van der Waals surface area contributed by atoms with Crippen molar-refractivity contribution in [1.82, 2.24) is 14.8 Å². The van der Waals surface area contributed by atoms with Gasteiger partial charge in [-0.2, -0.15) is 0 Å². The highest BCUT2D eigenvalue weighted by Gasteiger charge is 2.11. The van der Waals surface area contributed by atoms with E-state index in [2.05, 4.69) is 15.2 Å². The molecule has 0 aliphatic carbocycles. The lowest BCUT2D eigenvalue weighted by molar-refractivity contribution is -0.124. The summed E-state index contributed by atoms with van der Waals surface area (Å²) in [6, 6.07) is 11.9. The summed E-state index contributed by atoms with van der Waals surface area (Å²) in [7, 11) is 5.74. The van der Waals surface area contributed by atoms with Crippen LogP contribution in [-0.4, -0.2) is 60.0 Å². The van der Waals surface area contributed by atoms with Crippen LogP contribution in [0.2, 0.25) is 0 Å². The normalized spacial score (nSPS) is 13.7. The van der Waals surface area contributed by atoms with Crippen LogP contribution in [-0.2, 0) is 4.79 Å². The molecule has 0 saturated heterocycles. The molecule has 0 spiro atoms. The molecule has 1 amide bonds. The summed E-state index contributed by atoms with van der Waals surface area (Å²) < 4.78 is 0. The first-order valence-electron chi connectivity index (χ1n) is 10.5. The average molecular weight is 430 g/mol. The quantitative estimate of drug-likeness (QED) is 0.591. The molecule has 3 aromatic rings. The number of fused-ring (bicyclic) bond motifs is 2. The van der Waals surface area contributed by atoms with E-state index in [0.29, 0.717) is 12.2 Å². The van der Waals surface area contributed by atoms with Crippen LogP contribution in [0.25, 0.3) is 22.7 Å². The van der Waals surface area contributed by atoms with E-state index in [0.717, 1.165) is 44.7 Å². The van der Waals surface area contributed by atoms with Crippen LogP contribution in [0, 0.1) is 6.92 Å². The third kappa shape index (κ3) is 4.48. The Bertz CT molecular complexity index is 1360. The molecule has 1 aliphatic rings. The molecule has 0 fully saturated rings. The number of nitrogens with one attached hydrogen (secondary N) is 1. The first-order chi connectivity index (χ1) is 15.3. The van der Waals surface area contributed by atoms with Crippen LogP contribution in [0.4, 0.5) is 5.69 Å². The number of H-pyrrole nitrogens is 1. The fraction of sp³-hybridized carbons (Fsp3) is 0.240. The van der Waals surface area contributed by atoms with Crippen LogP contribution >= 0.6 is 0 Å². The van der Waals surface area contributed by atoms with E-state index in [-0.39, 0.29) is 11.8 Å². The lowest BCUT2D eigenvalue weighted by Crippen LogP contribution is -2.32. The van der Waals surface area contributed by atoms with Crippen molar-refractivity contribution < 1.29 is 9.90 Å². The number of aromatic nitrogens is 1. The van der Waals surface area contributed by atoms with Gasteiger partial charge in [-0.05, 0) is 62.7 Å². The van der Waals surface area contributed by atoms with Crippen LogP contribution in [0.1, 0.15) is 11.1 Å². The van der Waals surface area contributed by atoms with E-state index in [9.17, 15) is 9.90 Å². The Labute approximate surface area is 186 Å². The molecule has 0 unspecified atom stereocenters. The Morgan fingerprint density at radius 1 is 1.09 bits per heavy atom. The second-order valence-electron chi connectivity index (χ2n) is 8.34. The summed E-state index contributed by atoms with van der Waals surface area (Å²) in [5.74, 6) is 0.0675. The van der Waals surface area contributed by atoms with E-state index < -0.39 is 0 Å². The third-order valence-corrected chi connectivity index (χ3v) is 5.49. The average Bonchev–Trinajstić information content (AvgIpc) is 3.30. The molecule has 4 rings (SSSR count). The second-order valence-corrected chi connectivity index (χ2v) is 8.34. The summed E-state index contributed by atoms with van der Waals surface area (Å²) in [5.41, 5.74) is 4.16. The Kier molecular flexibility index (Phi) is 5.92. The number of azo groups is 1. The first-order valence-corrected chi connectivity index (χ1v) is 10.5. The Morgan fingerprint density at radius 2 is 1.91 bits per heavy atom. The molecule has 2 aromatic carbocycles. The predicted octanol–water partition coefficient (Wildman–Crippen LogP) is 2.79. The van der Waals surface area contributed by atoms with Crippen molar-refractivity contribution in [3.8, 4) is 5.88 Å². The first kappa shape index (κ1) is 21.5. The molecule has 1 aliphatic heterocycles. The fourth-order valence-corrected chi connectivity index (χ4v) is 3.59. The van der Waals surface area contributed by atoms with Crippen LogP contribution in [0.5, 0.6) is 5.88 Å². The molecule has 2 heterocycles. The highest BCUT2D eigenvalue weighted by molar-refractivity contribution is 5.92. The van der Waals surface area contributed by atoms with Gasteiger partial charge in [0.2, 0.25) is 5.91 Å². The number of rotatable bonds is 6. The maximum absolute atomic E-state index is 12.3. The molecule has 0 saturated carbocycles. The molecular weight excluding hydrogens is 402 g/mol. The van der Waals surface area contributed by atoms with E-state index in [1.807, 2.05) is 68.4 Å². The molecule has 0 bridgehead atoms. The van der Waals surface area contributed by atoms with Crippen molar-refractivity contribution in [3.63, 3.8) is 0 Å². The van der Waals surface area contributed by atoms with Crippen molar-refractivity contribution >= 4 is 34.3 Å². The zero-order valence-corrected chi connectivity index (χ0v) is 18.8. The number of aromatic amines is 1. The number of benzene rings is 2. The second kappa shape index (κ2) is 8.80. The van der Waals surface area contributed by atoms with Crippen molar-refractivity contribution in [2.75, 3.05) is 34.2 Å². The van der Waals surface area contributed by atoms with Crippen LogP contribution in [0.3, 0.4) is 0 Å². The number of carbonyl (C=O) groups is 1. The van der Waals surface area contributed by atoms with Gasteiger partial charge in [-0.25, -0.2) is 0 Å². The highest BCUT2D eigenvalue weighted by Crippen LogP contribution is 2.28. The summed E-state index contributed by atoms with van der Waals surface area (Å²) in [5, 5.41) is 21.6. The minimum absolute atomic E-state index is 0.0712. The minimum Gasteiger partial charge on any atom is -0.494 e. The van der Waals surface area contributed by atoms with Gasteiger partial charge in [0.05, 0.1) is 11.4 Å². The Hall–Kier alpha value is -3.71. The van der Waals surface area contributed by atoms with E-state index in [1.165, 1.54) is 6.08 Å². The maximum Gasteiger partial charge on any atom is 0.246 e. The van der Waals surface area contributed by atoms with Gasteiger partial charge < -0.3 is 19.9 Å². The number of hydrogen-bond donors (Lipinski definition) is 2. The number of nitrogens with zero attached hydrogens (tertiary/aromatic N) is 4. The SMILES string of the molecule is Cc1ccc2[nH]c(O)c(/C=c3\ccc4c(c3)N=NC=4/C=C/C(=O)N(C)CCN(C)C)c2c1. The van der Waals surface area contributed by atoms with E-state index in [1.54, 1.807) is 18.0 Å². The van der Waals surface area contributed by atoms with Crippen LogP contribution in [0.15, 0.2) is 58.8 Å². The summed E-state index contributed by atoms with van der Waals surface area (Å²) in [4.78, 5) is 19.1. The van der Waals surface area contributed by atoms with Crippen molar-refractivity contribution in [1.29, 1.82) is 0 Å². The zero-order chi connectivity index (χ0) is 22.8. The van der Waals surface area contributed by atoms with Crippen molar-refractivity contribution in [2.24, 2.45) is 10.2 Å². The molecule has 2 N–H and O–H groups in total. The molecule has 1 aromatic heterocycles. The van der Waals surface area contributed by atoms with Crippen LogP contribution < -0.4 is 10.4 Å². The molecule has 164 valence electrons. The smallest absolute Gasteiger partial charge is 0.246 e. The lowest BCUT2D eigenvalue weighted by atomic mass is 10.1. The molecule has 0 radical (unpaired) electrons. The number of likely N-dealkylation sites (N-methyl/N-ethyl adjacent to an activating group) is 2. The topological polar surface area (TPSA) is 84.3 Å². The largest absolute Gasteiger partial charge is 0.494 e.